The first-order valence-electron chi connectivity index (χ1n) is 4.77. The molecule has 102 valence electrons. The molecule has 0 unspecified atom stereocenters. The highest BCUT2D eigenvalue weighted by atomic mass is 79.9. The summed E-state index contributed by atoms with van der Waals surface area (Å²) >= 11 is 15.7. The Morgan fingerprint density at radius 1 is 1.21 bits per heavy atom. The van der Waals surface area contributed by atoms with Crippen molar-refractivity contribution in [1.82, 2.24) is 0 Å². The van der Waals surface area contributed by atoms with Crippen molar-refractivity contribution in [2.45, 2.75) is 4.90 Å². The molecule has 1 heterocycles. The number of hydrogen-bond acceptors (Lipinski definition) is 4. The first kappa shape index (κ1) is 14.9. The van der Waals surface area contributed by atoms with Gasteiger partial charge in [0.05, 0.1) is 10.2 Å². The number of benzene rings is 1. The van der Waals surface area contributed by atoms with Crippen LogP contribution in [0.15, 0.2) is 33.6 Å². The normalized spacial score (nSPS) is 11.5. The fourth-order valence-electron chi connectivity index (χ4n) is 1.32. The maximum Gasteiger partial charge on any atom is 0.265 e. The first-order chi connectivity index (χ1) is 8.83. The quantitative estimate of drug-likeness (QED) is 0.751. The monoisotopic (exact) mass is 401 g/mol. The number of phenols is 1. The third kappa shape index (κ3) is 3.00. The van der Waals surface area contributed by atoms with Gasteiger partial charge in [-0.2, -0.15) is 0 Å². The van der Waals surface area contributed by atoms with E-state index in [-0.39, 0.29) is 29.5 Å². The molecule has 0 saturated heterocycles. The molecule has 0 aliphatic rings. The highest BCUT2D eigenvalue weighted by Crippen LogP contribution is 2.43. The van der Waals surface area contributed by atoms with Crippen LogP contribution in [0.4, 0.5) is 5.69 Å². The fourth-order valence-corrected chi connectivity index (χ4v) is 5.96. The van der Waals surface area contributed by atoms with Crippen LogP contribution in [0.25, 0.3) is 0 Å². The van der Waals surface area contributed by atoms with Gasteiger partial charge in [0.1, 0.15) is 19.3 Å². The Bertz CT molecular complexity index is 730. The van der Waals surface area contributed by atoms with E-state index >= 15 is 0 Å². The van der Waals surface area contributed by atoms with Gasteiger partial charge in [-0.05, 0) is 28.1 Å². The van der Waals surface area contributed by atoms with Crippen molar-refractivity contribution in [3.8, 4) is 5.75 Å². The lowest BCUT2D eigenvalue weighted by atomic mass is 10.3. The Kier molecular flexibility index (Phi) is 4.32. The molecule has 0 bridgehead atoms. The van der Waals surface area contributed by atoms with E-state index in [0.29, 0.717) is 0 Å². The highest BCUT2D eigenvalue weighted by Gasteiger charge is 2.26. The summed E-state index contributed by atoms with van der Waals surface area (Å²) in [5.41, 5.74) is 0.0628. The van der Waals surface area contributed by atoms with Crippen molar-refractivity contribution in [3.63, 3.8) is 0 Å². The summed E-state index contributed by atoms with van der Waals surface area (Å²) in [6.07, 6.45) is 0. The second kappa shape index (κ2) is 5.49. The second-order valence-corrected chi connectivity index (χ2v) is 8.05. The molecule has 0 spiro atoms. The number of halogens is 3. The summed E-state index contributed by atoms with van der Waals surface area (Å²) in [5, 5.41) is 9.57. The van der Waals surface area contributed by atoms with Gasteiger partial charge in [-0.3, -0.25) is 4.72 Å². The number of rotatable bonds is 3. The summed E-state index contributed by atoms with van der Waals surface area (Å²) in [6.45, 7) is 0. The van der Waals surface area contributed by atoms with Gasteiger partial charge in [0.15, 0.2) is 0 Å². The Hall–Kier alpha value is -0.470. The summed E-state index contributed by atoms with van der Waals surface area (Å²) in [5.74, 6) is -0.181. The molecule has 2 aromatic rings. The van der Waals surface area contributed by atoms with Crippen molar-refractivity contribution < 1.29 is 13.5 Å². The minimum Gasteiger partial charge on any atom is -0.506 e. The Labute approximate surface area is 132 Å². The van der Waals surface area contributed by atoms with E-state index in [2.05, 4.69) is 20.7 Å². The van der Waals surface area contributed by atoms with Gasteiger partial charge < -0.3 is 5.11 Å². The lowest BCUT2D eigenvalue weighted by Crippen LogP contribution is -2.13. The summed E-state index contributed by atoms with van der Waals surface area (Å²) in [7, 11) is -3.94. The molecule has 0 atom stereocenters. The van der Waals surface area contributed by atoms with Crippen LogP contribution >= 0.6 is 50.5 Å². The van der Waals surface area contributed by atoms with Crippen LogP contribution in [0.5, 0.6) is 5.75 Å². The highest BCUT2D eigenvalue weighted by molar-refractivity contribution is 9.10. The van der Waals surface area contributed by atoms with Gasteiger partial charge in [0, 0.05) is 0 Å². The largest absolute Gasteiger partial charge is 0.506 e. The first-order valence-corrected chi connectivity index (χ1v) is 8.62. The third-order valence-corrected chi connectivity index (χ3v) is 6.98. The molecular formula is C10H6BrCl2NO3S2. The van der Waals surface area contributed by atoms with Gasteiger partial charge >= 0.3 is 0 Å². The molecule has 0 amide bonds. The van der Waals surface area contributed by atoms with Gasteiger partial charge in [0.2, 0.25) is 0 Å². The number of phenolic OH excluding ortho intramolecular Hbond substituents is 1. The molecule has 0 aliphatic heterocycles. The van der Waals surface area contributed by atoms with E-state index in [0.717, 1.165) is 11.3 Å². The van der Waals surface area contributed by atoms with E-state index in [1.165, 1.54) is 12.1 Å². The zero-order chi connectivity index (χ0) is 14.2. The SMILES string of the molecule is O=S(=O)(Nc1ccccc1O)c1c(Cl)sc(Cl)c1Br. The molecule has 1 aromatic carbocycles. The number of sulfonamides is 1. The van der Waals surface area contributed by atoms with E-state index in [1.807, 2.05) is 0 Å². The lowest BCUT2D eigenvalue weighted by Gasteiger charge is -2.09. The van der Waals surface area contributed by atoms with Crippen LogP contribution in [-0.4, -0.2) is 13.5 Å². The number of hydrogen-bond donors (Lipinski definition) is 2. The Morgan fingerprint density at radius 2 is 1.84 bits per heavy atom. The fraction of sp³-hybridized carbons (Fsp3) is 0. The van der Waals surface area contributed by atoms with Crippen LogP contribution in [0, 0.1) is 0 Å². The van der Waals surface area contributed by atoms with Crippen LogP contribution in [0.2, 0.25) is 8.67 Å². The minimum atomic E-state index is -3.94. The number of aromatic hydroxyl groups is 1. The van der Waals surface area contributed by atoms with Crippen LogP contribution in [0.3, 0.4) is 0 Å². The van der Waals surface area contributed by atoms with E-state index in [4.69, 9.17) is 23.2 Å². The van der Waals surface area contributed by atoms with E-state index < -0.39 is 10.0 Å². The van der Waals surface area contributed by atoms with Gasteiger partial charge in [-0.1, -0.05) is 35.3 Å². The number of nitrogens with one attached hydrogen (secondary N) is 1. The minimum absolute atomic E-state index is 0.0415. The summed E-state index contributed by atoms with van der Waals surface area (Å²) < 4.78 is 27.2. The molecule has 0 fully saturated rings. The summed E-state index contributed by atoms with van der Waals surface area (Å²) in [4.78, 5) is -0.146. The van der Waals surface area contributed by atoms with Crippen molar-refractivity contribution in [1.29, 1.82) is 0 Å². The second-order valence-electron chi connectivity index (χ2n) is 3.42. The predicted molar refractivity (Wildman–Crippen MR) is 81.0 cm³/mol. The predicted octanol–water partition coefficient (Wildman–Crippen LogP) is 4.32. The number of para-hydroxylation sites is 2. The molecule has 4 nitrogen and oxygen atoms in total. The number of thiophene rings is 1. The zero-order valence-corrected chi connectivity index (χ0v) is 13.8. The molecule has 2 rings (SSSR count). The van der Waals surface area contributed by atoms with E-state index in [9.17, 15) is 13.5 Å². The standard InChI is InChI=1S/C10H6BrCl2NO3S2/c11-7-8(10(13)18-9(7)12)19(16,17)14-5-3-1-2-4-6(5)15/h1-4,14-15H. The smallest absolute Gasteiger partial charge is 0.265 e. The third-order valence-electron chi connectivity index (χ3n) is 2.15. The molecular weight excluding hydrogens is 397 g/mol. The van der Waals surface area contributed by atoms with Crippen molar-refractivity contribution >= 4 is 66.2 Å². The molecule has 19 heavy (non-hydrogen) atoms. The molecule has 0 aliphatic carbocycles. The summed E-state index contributed by atoms with van der Waals surface area (Å²) in [6, 6.07) is 5.98. The average molecular weight is 403 g/mol. The van der Waals surface area contributed by atoms with Crippen molar-refractivity contribution in [2.24, 2.45) is 0 Å². The average Bonchev–Trinajstić information content (AvgIpc) is 2.56. The van der Waals surface area contributed by atoms with Gasteiger partial charge in [0.25, 0.3) is 10.0 Å². The lowest BCUT2D eigenvalue weighted by molar-refractivity contribution is 0.477. The Morgan fingerprint density at radius 3 is 2.37 bits per heavy atom. The molecule has 9 heteroatoms. The Balaban J connectivity index is 2.47. The van der Waals surface area contributed by atoms with Gasteiger partial charge in [-0.15, -0.1) is 11.3 Å². The molecule has 0 radical (unpaired) electrons. The van der Waals surface area contributed by atoms with E-state index in [1.54, 1.807) is 12.1 Å². The maximum atomic E-state index is 12.2. The van der Waals surface area contributed by atoms with Crippen LogP contribution in [-0.2, 0) is 10.0 Å². The van der Waals surface area contributed by atoms with Crippen molar-refractivity contribution in [3.05, 3.63) is 37.4 Å². The molecule has 1 aromatic heterocycles. The van der Waals surface area contributed by atoms with Crippen molar-refractivity contribution in [2.75, 3.05) is 4.72 Å². The maximum absolute atomic E-state index is 12.2. The zero-order valence-electron chi connectivity index (χ0n) is 9.02. The van der Waals surface area contributed by atoms with Gasteiger partial charge in [-0.25, -0.2) is 8.42 Å². The van der Waals surface area contributed by atoms with Crippen LogP contribution in [0.1, 0.15) is 0 Å². The van der Waals surface area contributed by atoms with Crippen LogP contribution < -0.4 is 4.72 Å². The molecule has 2 N–H and O–H groups in total. The molecule has 0 saturated carbocycles. The topological polar surface area (TPSA) is 66.4 Å². The number of anilines is 1.